The first kappa shape index (κ1) is 19.4. The quantitative estimate of drug-likeness (QED) is 0.780. The van der Waals surface area contributed by atoms with E-state index in [9.17, 15) is 13.2 Å². The molecule has 0 unspecified atom stereocenters. The first-order chi connectivity index (χ1) is 12.8. The Morgan fingerprint density at radius 1 is 1.33 bits per heavy atom. The molecule has 1 aliphatic rings. The number of nitrogens with one attached hydrogen (secondary N) is 2. The van der Waals surface area contributed by atoms with E-state index in [1.807, 2.05) is 0 Å². The molecule has 0 spiro atoms. The molecule has 0 bridgehead atoms. The van der Waals surface area contributed by atoms with Crippen molar-refractivity contribution in [3.05, 3.63) is 41.2 Å². The Morgan fingerprint density at radius 2 is 2.07 bits per heavy atom. The van der Waals surface area contributed by atoms with Gasteiger partial charge in [-0.05, 0) is 38.8 Å². The lowest BCUT2D eigenvalue weighted by molar-refractivity contribution is 0.0858. The number of hydrogen-bond donors (Lipinski definition) is 2. The van der Waals surface area contributed by atoms with Crippen LogP contribution in [0.4, 0.5) is 5.69 Å². The molecule has 1 amide bonds. The molecule has 1 aliphatic heterocycles. The van der Waals surface area contributed by atoms with E-state index in [0.29, 0.717) is 24.5 Å². The molecule has 1 aromatic heterocycles. The van der Waals surface area contributed by atoms with E-state index in [0.717, 1.165) is 12.8 Å². The van der Waals surface area contributed by atoms with Crippen molar-refractivity contribution in [2.75, 3.05) is 17.9 Å². The van der Waals surface area contributed by atoms with Gasteiger partial charge in [0.2, 0.25) is 0 Å². The molecule has 0 saturated carbocycles. The highest BCUT2D eigenvalue weighted by Gasteiger charge is 2.26. The van der Waals surface area contributed by atoms with E-state index in [2.05, 4.69) is 15.1 Å². The van der Waals surface area contributed by atoms with Crippen molar-refractivity contribution >= 4 is 21.6 Å². The zero-order valence-electron chi connectivity index (χ0n) is 15.7. The molecular formula is C18H24N4O4S. The van der Waals surface area contributed by atoms with E-state index in [-0.39, 0.29) is 28.2 Å². The number of rotatable bonds is 6. The fraction of sp³-hybridized carbons (Fsp3) is 0.444. The van der Waals surface area contributed by atoms with Crippen LogP contribution in [-0.2, 0) is 21.8 Å². The van der Waals surface area contributed by atoms with Gasteiger partial charge < -0.3 is 10.1 Å². The third-order valence-electron chi connectivity index (χ3n) is 4.64. The summed E-state index contributed by atoms with van der Waals surface area (Å²) in [7, 11) is -2.19. The summed E-state index contributed by atoms with van der Waals surface area (Å²) < 4.78 is 35.3. The second-order valence-corrected chi connectivity index (χ2v) is 8.24. The van der Waals surface area contributed by atoms with Crippen LogP contribution in [0.3, 0.4) is 0 Å². The Bertz CT molecular complexity index is 946. The molecule has 8 nitrogen and oxygen atoms in total. The number of hydrogen-bond acceptors (Lipinski definition) is 5. The van der Waals surface area contributed by atoms with Crippen LogP contribution in [0.15, 0.2) is 29.2 Å². The van der Waals surface area contributed by atoms with Crippen molar-refractivity contribution in [1.29, 1.82) is 0 Å². The van der Waals surface area contributed by atoms with Gasteiger partial charge in [-0.25, -0.2) is 8.42 Å². The molecule has 0 aliphatic carbocycles. The van der Waals surface area contributed by atoms with Crippen LogP contribution >= 0.6 is 0 Å². The summed E-state index contributed by atoms with van der Waals surface area (Å²) in [6.07, 6.45) is 1.91. The minimum Gasteiger partial charge on any atom is -0.376 e. The summed E-state index contributed by atoms with van der Waals surface area (Å²) >= 11 is 0. The highest BCUT2D eigenvalue weighted by Crippen LogP contribution is 2.24. The molecule has 1 fully saturated rings. The Labute approximate surface area is 159 Å². The number of ether oxygens (including phenoxy) is 1. The van der Waals surface area contributed by atoms with Crippen LogP contribution in [0, 0.1) is 13.8 Å². The zero-order chi connectivity index (χ0) is 19.6. The predicted octanol–water partition coefficient (Wildman–Crippen LogP) is 1.75. The van der Waals surface area contributed by atoms with E-state index < -0.39 is 10.0 Å². The second-order valence-electron chi connectivity index (χ2n) is 6.62. The van der Waals surface area contributed by atoms with Gasteiger partial charge in [-0.1, -0.05) is 12.1 Å². The van der Waals surface area contributed by atoms with Crippen molar-refractivity contribution in [3.63, 3.8) is 0 Å². The van der Waals surface area contributed by atoms with Gasteiger partial charge in [0.05, 0.1) is 28.7 Å². The first-order valence-corrected chi connectivity index (χ1v) is 10.3. The number of carbonyl (C=O) groups excluding carboxylic acids is 1. The summed E-state index contributed by atoms with van der Waals surface area (Å²) in [6, 6.07) is 6.53. The van der Waals surface area contributed by atoms with Crippen LogP contribution in [-0.4, -0.2) is 43.4 Å². The molecule has 146 valence electrons. The average Bonchev–Trinajstić information content (AvgIpc) is 3.21. The summed E-state index contributed by atoms with van der Waals surface area (Å²) in [6.45, 7) is 4.44. The van der Waals surface area contributed by atoms with Gasteiger partial charge in [-0.15, -0.1) is 0 Å². The lowest BCUT2D eigenvalue weighted by Gasteiger charge is -2.14. The number of amides is 1. The molecule has 0 radical (unpaired) electrons. The van der Waals surface area contributed by atoms with Crippen molar-refractivity contribution in [3.8, 4) is 0 Å². The summed E-state index contributed by atoms with van der Waals surface area (Å²) in [5, 5.41) is 6.97. The average molecular weight is 392 g/mol. The van der Waals surface area contributed by atoms with Crippen molar-refractivity contribution in [2.45, 2.75) is 37.7 Å². The maximum Gasteiger partial charge on any atom is 0.265 e. The Morgan fingerprint density at radius 3 is 2.70 bits per heavy atom. The van der Waals surface area contributed by atoms with E-state index in [4.69, 9.17) is 4.74 Å². The highest BCUT2D eigenvalue weighted by atomic mass is 32.2. The maximum absolute atomic E-state index is 12.9. The number of aryl methyl sites for hydroxylation is 2. The van der Waals surface area contributed by atoms with Gasteiger partial charge in [0.15, 0.2) is 0 Å². The monoisotopic (exact) mass is 392 g/mol. The number of aromatic nitrogens is 2. The van der Waals surface area contributed by atoms with Gasteiger partial charge in [-0.3, -0.25) is 14.2 Å². The normalized spacial score (nSPS) is 17.1. The zero-order valence-corrected chi connectivity index (χ0v) is 16.5. The second kappa shape index (κ2) is 7.69. The molecule has 1 saturated heterocycles. The van der Waals surface area contributed by atoms with Crippen LogP contribution in [0.25, 0.3) is 0 Å². The van der Waals surface area contributed by atoms with Crippen molar-refractivity contribution < 1.29 is 17.9 Å². The summed E-state index contributed by atoms with van der Waals surface area (Å²) in [4.78, 5) is 12.7. The topological polar surface area (TPSA) is 102 Å². The summed E-state index contributed by atoms with van der Waals surface area (Å²) in [5.74, 6) is -0.344. The smallest absolute Gasteiger partial charge is 0.265 e. The molecule has 2 aromatic rings. The van der Waals surface area contributed by atoms with Gasteiger partial charge in [0, 0.05) is 20.2 Å². The fourth-order valence-electron chi connectivity index (χ4n) is 3.22. The minimum absolute atomic E-state index is 0.0125. The molecule has 2 heterocycles. The number of anilines is 1. The van der Waals surface area contributed by atoms with Crippen molar-refractivity contribution in [1.82, 2.24) is 15.1 Å². The molecular weight excluding hydrogens is 368 g/mol. The van der Waals surface area contributed by atoms with E-state index in [1.165, 1.54) is 4.68 Å². The van der Waals surface area contributed by atoms with Crippen LogP contribution in [0.2, 0.25) is 0 Å². The lowest BCUT2D eigenvalue weighted by atomic mass is 10.1. The summed E-state index contributed by atoms with van der Waals surface area (Å²) in [5.41, 5.74) is 1.42. The number of carbonyl (C=O) groups is 1. The van der Waals surface area contributed by atoms with E-state index >= 15 is 0 Å². The molecule has 3 rings (SSSR count). The number of sulfonamides is 1. The molecule has 1 aromatic carbocycles. The number of benzene rings is 1. The SMILES string of the molecule is Cc1nn(C)c(C)c1S(=O)(=O)Nc1ccccc1C(=O)NC[C@@H]1CCCO1. The largest absolute Gasteiger partial charge is 0.376 e. The third kappa shape index (κ3) is 4.14. The maximum atomic E-state index is 12.9. The predicted molar refractivity (Wildman–Crippen MR) is 101 cm³/mol. The Kier molecular flexibility index (Phi) is 5.52. The van der Waals surface area contributed by atoms with Gasteiger partial charge in [0.25, 0.3) is 15.9 Å². The standard InChI is InChI=1S/C18H24N4O4S/c1-12-17(13(2)22(3)20-12)27(24,25)21-16-9-5-4-8-15(16)18(23)19-11-14-7-6-10-26-14/h4-5,8-9,14,21H,6-7,10-11H2,1-3H3,(H,19,23)/t14-/m0/s1. The fourth-order valence-corrected chi connectivity index (χ4v) is 4.74. The lowest BCUT2D eigenvalue weighted by Crippen LogP contribution is -2.32. The van der Waals surface area contributed by atoms with Crippen LogP contribution in [0.1, 0.15) is 34.6 Å². The van der Waals surface area contributed by atoms with E-state index in [1.54, 1.807) is 45.2 Å². The van der Waals surface area contributed by atoms with Gasteiger partial charge in [-0.2, -0.15) is 5.10 Å². The number of para-hydroxylation sites is 1. The van der Waals surface area contributed by atoms with Gasteiger partial charge in [0.1, 0.15) is 4.90 Å². The first-order valence-electron chi connectivity index (χ1n) is 8.81. The Hall–Kier alpha value is -2.39. The highest BCUT2D eigenvalue weighted by molar-refractivity contribution is 7.92. The minimum atomic E-state index is -3.88. The molecule has 27 heavy (non-hydrogen) atoms. The third-order valence-corrected chi connectivity index (χ3v) is 6.26. The van der Waals surface area contributed by atoms with Crippen molar-refractivity contribution in [2.24, 2.45) is 7.05 Å². The molecule has 1 atom stereocenters. The molecule has 2 N–H and O–H groups in total. The molecule has 9 heteroatoms. The Balaban J connectivity index is 1.82. The van der Waals surface area contributed by atoms with Crippen LogP contribution in [0.5, 0.6) is 0 Å². The van der Waals surface area contributed by atoms with Crippen LogP contribution < -0.4 is 10.0 Å². The van der Waals surface area contributed by atoms with Gasteiger partial charge >= 0.3 is 0 Å². The number of nitrogens with zero attached hydrogens (tertiary/aromatic N) is 2.